The number of rotatable bonds is 7. The summed E-state index contributed by atoms with van der Waals surface area (Å²) in [6, 6.07) is 8.71. The van der Waals surface area contributed by atoms with Crippen LogP contribution in [0.3, 0.4) is 0 Å². The van der Waals surface area contributed by atoms with Crippen molar-refractivity contribution in [3.05, 3.63) is 42.9 Å². The number of benzene rings is 1. The molecule has 5 rings (SSSR count). The van der Waals surface area contributed by atoms with Crippen molar-refractivity contribution in [3.63, 3.8) is 0 Å². The molecular weight excluding hydrogens is 480 g/mol. The zero-order chi connectivity index (χ0) is 25.1. The van der Waals surface area contributed by atoms with Gasteiger partial charge in [-0.15, -0.1) is 0 Å². The summed E-state index contributed by atoms with van der Waals surface area (Å²) in [6.07, 6.45) is 5.20. The molecule has 0 bridgehead atoms. The second-order valence-corrected chi connectivity index (χ2v) is 11.3. The number of amides is 1. The molecule has 11 nitrogen and oxygen atoms in total. The van der Waals surface area contributed by atoms with Crippen LogP contribution in [0.15, 0.2) is 47.8 Å². The monoisotopic (exact) mass is 512 g/mol. The quantitative estimate of drug-likeness (QED) is 0.430. The van der Waals surface area contributed by atoms with Crippen LogP contribution < -0.4 is 15.5 Å². The lowest BCUT2D eigenvalue weighted by molar-refractivity contribution is -0.120. The second kappa shape index (κ2) is 10.4. The molecular formula is C24H32N8O3S. The maximum absolute atomic E-state index is 13.3. The number of piperidine rings is 1. The zero-order valence-corrected chi connectivity index (χ0v) is 21.2. The number of hydrogen-bond donors (Lipinski definition) is 3. The summed E-state index contributed by atoms with van der Waals surface area (Å²) in [5, 5.41) is 7.11. The molecule has 0 aliphatic carbocycles. The molecule has 0 radical (unpaired) electrons. The van der Waals surface area contributed by atoms with E-state index in [1.165, 1.54) is 4.31 Å². The van der Waals surface area contributed by atoms with Gasteiger partial charge in [-0.2, -0.15) is 4.31 Å². The van der Waals surface area contributed by atoms with E-state index in [-0.39, 0.29) is 23.4 Å². The number of sulfonamides is 1. The normalized spacial score (nSPS) is 19.9. The Morgan fingerprint density at radius 2 is 1.92 bits per heavy atom. The maximum Gasteiger partial charge on any atom is 0.245 e. The minimum absolute atomic E-state index is 0.0126. The summed E-state index contributed by atoms with van der Waals surface area (Å²) in [7, 11) is -1.67. The van der Waals surface area contributed by atoms with Crippen molar-refractivity contribution in [1.82, 2.24) is 29.5 Å². The lowest BCUT2D eigenvalue weighted by Crippen LogP contribution is -2.49. The highest BCUT2D eigenvalue weighted by Gasteiger charge is 2.30. The first kappa shape index (κ1) is 24.5. The first-order valence-electron chi connectivity index (χ1n) is 12.3. The van der Waals surface area contributed by atoms with Gasteiger partial charge in [-0.3, -0.25) is 4.79 Å². The Kier molecular flexibility index (Phi) is 7.08. The van der Waals surface area contributed by atoms with E-state index < -0.39 is 10.0 Å². The van der Waals surface area contributed by atoms with Gasteiger partial charge in [-0.05, 0) is 38.1 Å². The molecule has 4 heterocycles. The van der Waals surface area contributed by atoms with Crippen LogP contribution in [-0.2, 0) is 14.8 Å². The standard InChI is InChI=1S/C24H32N8O3S/c1-30-11-13-32(14-12-30)36(34,35)21-7-3-2-6-20(21)26-15-22(33)29-18-5-4-10-31(16-18)24-19-8-9-25-23(19)27-17-28-24/h2-3,6-9,17-18,26H,4-5,10-16H2,1H3,(H,29,33)(H,25,27,28)/t18-/m1/s1. The van der Waals surface area contributed by atoms with Gasteiger partial charge in [0.25, 0.3) is 0 Å². The van der Waals surface area contributed by atoms with E-state index >= 15 is 0 Å². The first-order valence-corrected chi connectivity index (χ1v) is 13.7. The smallest absolute Gasteiger partial charge is 0.245 e. The fourth-order valence-corrected chi connectivity index (χ4v) is 6.45. The van der Waals surface area contributed by atoms with Crippen molar-refractivity contribution >= 4 is 38.5 Å². The Balaban J connectivity index is 1.21. The van der Waals surface area contributed by atoms with E-state index in [0.29, 0.717) is 38.4 Å². The predicted molar refractivity (Wildman–Crippen MR) is 138 cm³/mol. The van der Waals surface area contributed by atoms with Gasteiger partial charge in [0.2, 0.25) is 15.9 Å². The molecule has 3 N–H and O–H groups in total. The molecule has 3 aromatic rings. The summed E-state index contributed by atoms with van der Waals surface area (Å²) in [5.74, 6) is 0.685. The van der Waals surface area contributed by atoms with Crippen molar-refractivity contribution in [2.75, 3.05) is 63.1 Å². The molecule has 2 aromatic heterocycles. The number of carbonyl (C=O) groups is 1. The third-order valence-corrected chi connectivity index (χ3v) is 8.78. The number of fused-ring (bicyclic) bond motifs is 1. The number of likely N-dealkylation sites (N-methyl/N-ethyl adjacent to an activating group) is 1. The minimum Gasteiger partial charge on any atom is -0.375 e. The van der Waals surface area contributed by atoms with Crippen LogP contribution in [-0.4, -0.2) is 97.4 Å². The summed E-state index contributed by atoms with van der Waals surface area (Å²) < 4.78 is 28.1. The summed E-state index contributed by atoms with van der Waals surface area (Å²) in [6.45, 7) is 3.79. The molecule has 1 aromatic carbocycles. The highest BCUT2D eigenvalue weighted by Crippen LogP contribution is 2.26. The molecule has 2 saturated heterocycles. The first-order chi connectivity index (χ1) is 17.4. The number of hydrogen-bond acceptors (Lipinski definition) is 8. The van der Waals surface area contributed by atoms with E-state index in [0.717, 1.165) is 36.2 Å². The minimum atomic E-state index is -3.65. The largest absolute Gasteiger partial charge is 0.375 e. The van der Waals surface area contributed by atoms with Crippen molar-refractivity contribution in [3.8, 4) is 0 Å². The van der Waals surface area contributed by atoms with Gasteiger partial charge in [0.05, 0.1) is 17.6 Å². The Labute approximate surface area is 210 Å². The number of carbonyl (C=O) groups excluding carboxylic acids is 1. The van der Waals surface area contributed by atoms with Crippen LogP contribution in [0.2, 0.25) is 0 Å². The van der Waals surface area contributed by atoms with Gasteiger partial charge >= 0.3 is 0 Å². The van der Waals surface area contributed by atoms with Crippen molar-refractivity contribution in [2.24, 2.45) is 0 Å². The molecule has 2 aliphatic rings. The van der Waals surface area contributed by atoms with Gasteiger partial charge in [-0.25, -0.2) is 18.4 Å². The Morgan fingerprint density at radius 1 is 1.11 bits per heavy atom. The molecule has 192 valence electrons. The number of para-hydroxylation sites is 1. The van der Waals surface area contributed by atoms with Crippen LogP contribution in [0.5, 0.6) is 0 Å². The summed E-state index contributed by atoms with van der Waals surface area (Å²) in [4.78, 5) is 29.1. The Hall–Kier alpha value is -3.22. The van der Waals surface area contributed by atoms with Crippen LogP contribution >= 0.6 is 0 Å². The summed E-state index contributed by atoms with van der Waals surface area (Å²) >= 11 is 0. The SMILES string of the molecule is CN1CCN(S(=O)(=O)c2ccccc2NCC(=O)N[C@@H]2CCCN(c3ncnc4[nH]ccc34)C2)CC1. The van der Waals surface area contributed by atoms with Crippen LogP contribution in [0.1, 0.15) is 12.8 Å². The number of nitrogens with one attached hydrogen (secondary N) is 3. The van der Waals surface area contributed by atoms with E-state index in [1.807, 2.05) is 19.3 Å². The van der Waals surface area contributed by atoms with Crippen molar-refractivity contribution in [2.45, 2.75) is 23.8 Å². The molecule has 12 heteroatoms. The third-order valence-electron chi connectivity index (χ3n) is 6.83. The average molecular weight is 513 g/mol. The number of piperazine rings is 1. The van der Waals surface area contributed by atoms with Gasteiger partial charge in [0.15, 0.2) is 0 Å². The van der Waals surface area contributed by atoms with Crippen LogP contribution in [0.25, 0.3) is 11.0 Å². The number of aromatic nitrogens is 3. The number of nitrogens with zero attached hydrogens (tertiary/aromatic N) is 5. The van der Waals surface area contributed by atoms with Crippen molar-refractivity contribution < 1.29 is 13.2 Å². The van der Waals surface area contributed by atoms with Crippen LogP contribution in [0.4, 0.5) is 11.5 Å². The molecule has 1 atom stereocenters. The number of H-pyrrole nitrogens is 1. The topological polar surface area (TPSA) is 127 Å². The molecule has 36 heavy (non-hydrogen) atoms. The lowest BCUT2D eigenvalue weighted by Gasteiger charge is -2.34. The molecule has 0 unspecified atom stereocenters. The number of aromatic amines is 1. The fraction of sp³-hybridized carbons (Fsp3) is 0.458. The zero-order valence-electron chi connectivity index (χ0n) is 20.4. The average Bonchev–Trinajstić information content (AvgIpc) is 3.37. The van der Waals surface area contributed by atoms with E-state index in [4.69, 9.17) is 0 Å². The highest BCUT2D eigenvalue weighted by molar-refractivity contribution is 7.89. The predicted octanol–water partition coefficient (Wildman–Crippen LogP) is 1.09. The van der Waals surface area contributed by atoms with E-state index in [2.05, 4.69) is 35.4 Å². The Bertz CT molecular complexity index is 1320. The van der Waals surface area contributed by atoms with Gasteiger partial charge in [0.1, 0.15) is 22.7 Å². The maximum atomic E-state index is 13.3. The van der Waals surface area contributed by atoms with Gasteiger partial charge in [-0.1, -0.05) is 12.1 Å². The molecule has 2 fully saturated rings. The fourth-order valence-electron chi connectivity index (χ4n) is 4.86. The molecule has 0 spiro atoms. The Morgan fingerprint density at radius 3 is 2.75 bits per heavy atom. The second-order valence-electron chi connectivity index (χ2n) is 9.35. The molecule has 2 aliphatic heterocycles. The van der Waals surface area contributed by atoms with Crippen molar-refractivity contribution in [1.29, 1.82) is 0 Å². The van der Waals surface area contributed by atoms with Gasteiger partial charge in [0, 0.05) is 51.5 Å². The van der Waals surface area contributed by atoms with Gasteiger partial charge < -0.3 is 25.4 Å². The number of anilines is 2. The molecule has 1 amide bonds. The van der Waals surface area contributed by atoms with Crippen LogP contribution in [0, 0.1) is 0 Å². The highest BCUT2D eigenvalue weighted by atomic mass is 32.2. The summed E-state index contributed by atoms with van der Waals surface area (Å²) in [5.41, 5.74) is 1.23. The molecule has 0 saturated carbocycles. The lowest BCUT2D eigenvalue weighted by atomic mass is 10.1. The third kappa shape index (κ3) is 5.15. The van der Waals surface area contributed by atoms with E-state index in [1.54, 1.807) is 30.6 Å². The van der Waals surface area contributed by atoms with E-state index in [9.17, 15) is 13.2 Å².